The van der Waals surface area contributed by atoms with Crippen LogP contribution >= 0.6 is 0 Å². The molecule has 2 aromatic rings. The summed E-state index contributed by atoms with van der Waals surface area (Å²) < 4.78 is 16.1. The van der Waals surface area contributed by atoms with Gasteiger partial charge in [-0.05, 0) is 45.9 Å². The molecule has 1 heterocycles. The number of carbonyl (C=O) groups is 2. The SMILES string of the molecule is Cc1noc(-c2ccc(OC[C@@H](C=O)NC(=O)OC(C)(C)C)c(N(C)C)c2)n1. The number of aryl methyl sites for hydroxylation is 1. The van der Waals surface area contributed by atoms with E-state index in [0.29, 0.717) is 23.8 Å². The number of anilines is 1. The highest BCUT2D eigenvalue weighted by Crippen LogP contribution is 2.32. The number of nitrogens with zero attached hydrogens (tertiary/aromatic N) is 3. The molecule has 0 spiro atoms. The van der Waals surface area contributed by atoms with Gasteiger partial charge >= 0.3 is 6.09 Å². The molecule has 1 atom stereocenters. The first-order chi connectivity index (χ1) is 13.1. The zero-order chi connectivity index (χ0) is 20.9. The minimum absolute atomic E-state index is 0.0391. The summed E-state index contributed by atoms with van der Waals surface area (Å²) in [5, 5.41) is 6.27. The van der Waals surface area contributed by atoms with Gasteiger partial charge < -0.3 is 29.0 Å². The summed E-state index contributed by atoms with van der Waals surface area (Å²) in [6.07, 6.45) is -0.0717. The van der Waals surface area contributed by atoms with Crippen molar-refractivity contribution in [2.75, 3.05) is 25.6 Å². The third-order valence-corrected chi connectivity index (χ3v) is 3.50. The molecule has 0 unspecified atom stereocenters. The summed E-state index contributed by atoms with van der Waals surface area (Å²) in [5.74, 6) is 1.50. The van der Waals surface area contributed by atoms with Crippen molar-refractivity contribution in [2.24, 2.45) is 0 Å². The molecule has 0 fully saturated rings. The number of hydrogen-bond donors (Lipinski definition) is 1. The molecule has 0 saturated heterocycles. The van der Waals surface area contributed by atoms with Crippen LogP contribution in [0.3, 0.4) is 0 Å². The predicted octanol–water partition coefficient (Wildman–Crippen LogP) is 2.58. The molecule has 0 aliphatic heterocycles. The number of aldehydes is 1. The first-order valence-corrected chi connectivity index (χ1v) is 8.78. The lowest BCUT2D eigenvalue weighted by Gasteiger charge is -2.22. The Morgan fingerprint density at radius 2 is 2.07 bits per heavy atom. The number of nitrogens with one attached hydrogen (secondary N) is 1. The Morgan fingerprint density at radius 1 is 1.36 bits per heavy atom. The van der Waals surface area contributed by atoms with Gasteiger partial charge in [-0.1, -0.05) is 5.16 Å². The normalized spacial score (nSPS) is 12.2. The third kappa shape index (κ3) is 5.97. The zero-order valence-electron chi connectivity index (χ0n) is 17.0. The van der Waals surface area contributed by atoms with E-state index in [1.54, 1.807) is 39.8 Å². The molecule has 1 aromatic carbocycles. The molecule has 1 N–H and O–H groups in total. The average Bonchev–Trinajstić information content (AvgIpc) is 3.03. The van der Waals surface area contributed by atoms with E-state index in [1.165, 1.54) is 0 Å². The fraction of sp³-hybridized carbons (Fsp3) is 0.474. The minimum Gasteiger partial charge on any atom is -0.489 e. The standard InChI is InChI=1S/C19H26N4O5/c1-12-20-17(28-22-12)13-7-8-16(15(9-13)23(5)6)26-11-14(10-24)21-18(25)27-19(2,3)4/h7-10,14H,11H2,1-6H3,(H,21,25)/t14-/m1/s1. The monoisotopic (exact) mass is 390 g/mol. The van der Waals surface area contributed by atoms with E-state index in [9.17, 15) is 9.59 Å². The summed E-state index contributed by atoms with van der Waals surface area (Å²) in [4.78, 5) is 29.2. The van der Waals surface area contributed by atoms with Gasteiger partial charge in [-0.15, -0.1) is 0 Å². The molecule has 1 amide bonds. The first kappa shape index (κ1) is 21.2. The van der Waals surface area contributed by atoms with Gasteiger partial charge in [0.2, 0.25) is 0 Å². The second-order valence-electron chi connectivity index (χ2n) is 7.42. The van der Waals surface area contributed by atoms with E-state index >= 15 is 0 Å². The van der Waals surface area contributed by atoms with Crippen molar-refractivity contribution in [1.29, 1.82) is 0 Å². The van der Waals surface area contributed by atoms with Crippen molar-refractivity contribution < 1.29 is 23.6 Å². The largest absolute Gasteiger partial charge is 0.489 e. The molecule has 0 saturated carbocycles. The van der Waals surface area contributed by atoms with E-state index in [-0.39, 0.29) is 6.61 Å². The van der Waals surface area contributed by atoms with Gasteiger partial charge in [0.25, 0.3) is 5.89 Å². The second kappa shape index (κ2) is 8.73. The number of carbonyl (C=O) groups excluding carboxylic acids is 2. The molecule has 2 rings (SSSR count). The Morgan fingerprint density at radius 3 is 2.61 bits per heavy atom. The van der Waals surface area contributed by atoms with Crippen molar-refractivity contribution in [1.82, 2.24) is 15.5 Å². The summed E-state index contributed by atoms with van der Waals surface area (Å²) in [7, 11) is 3.72. The fourth-order valence-corrected chi connectivity index (χ4v) is 2.29. The van der Waals surface area contributed by atoms with Crippen LogP contribution in [0.1, 0.15) is 26.6 Å². The Balaban J connectivity index is 2.09. The molecule has 28 heavy (non-hydrogen) atoms. The molecule has 0 aliphatic carbocycles. The van der Waals surface area contributed by atoms with Gasteiger partial charge in [0, 0.05) is 19.7 Å². The molecular weight excluding hydrogens is 364 g/mol. The van der Waals surface area contributed by atoms with Crippen LogP contribution < -0.4 is 15.0 Å². The molecular formula is C19H26N4O5. The maximum Gasteiger partial charge on any atom is 0.408 e. The maximum atomic E-state index is 11.8. The van der Waals surface area contributed by atoms with Crippen molar-refractivity contribution >= 4 is 18.1 Å². The number of amides is 1. The lowest BCUT2D eigenvalue weighted by molar-refractivity contribution is -0.110. The van der Waals surface area contributed by atoms with Gasteiger partial charge in [0.15, 0.2) is 5.82 Å². The lowest BCUT2D eigenvalue weighted by Crippen LogP contribution is -2.43. The summed E-state index contributed by atoms with van der Waals surface area (Å²) in [5.41, 5.74) is 0.852. The summed E-state index contributed by atoms with van der Waals surface area (Å²) >= 11 is 0. The Hall–Kier alpha value is -3.10. The van der Waals surface area contributed by atoms with Gasteiger partial charge in [-0.25, -0.2) is 4.79 Å². The van der Waals surface area contributed by atoms with E-state index in [2.05, 4.69) is 15.5 Å². The van der Waals surface area contributed by atoms with E-state index in [0.717, 1.165) is 11.3 Å². The van der Waals surface area contributed by atoms with E-state index in [4.69, 9.17) is 14.0 Å². The number of benzene rings is 1. The van der Waals surface area contributed by atoms with Gasteiger partial charge in [-0.2, -0.15) is 4.98 Å². The topological polar surface area (TPSA) is 107 Å². The van der Waals surface area contributed by atoms with Crippen LogP contribution in [0.15, 0.2) is 22.7 Å². The Kier molecular flexibility index (Phi) is 6.61. The number of alkyl carbamates (subject to hydrolysis) is 1. The maximum absolute atomic E-state index is 11.8. The van der Waals surface area contributed by atoms with Gasteiger partial charge in [0.1, 0.15) is 30.3 Å². The van der Waals surface area contributed by atoms with Crippen LogP contribution in [0.25, 0.3) is 11.5 Å². The first-order valence-electron chi connectivity index (χ1n) is 8.78. The van der Waals surface area contributed by atoms with Crippen molar-refractivity contribution in [3.05, 3.63) is 24.0 Å². The number of ether oxygens (including phenoxy) is 2. The molecule has 0 radical (unpaired) electrons. The molecule has 1 aromatic heterocycles. The number of hydrogen-bond acceptors (Lipinski definition) is 8. The third-order valence-electron chi connectivity index (χ3n) is 3.50. The van der Waals surface area contributed by atoms with Crippen LogP contribution in [-0.4, -0.2) is 54.9 Å². The molecule has 0 aliphatic rings. The highest BCUT2D eigenvalue weighted by atomic mass is 16.6. The molecule has 0 bridgehead atoms. The highest BCUT2D eigenvalue weighted by molar-refractivity contribution is 5.73. The smallest absolute Gasteiger partial charge is 0.408 e. The van der Waals surface area contributed by atoms with Crippen molar-refractivity contribution in [2.45, 2.75) is 39.3 Å². The predicted molar refractivity (Wildman–Crippen MR) is 104 cm³/mol. The zero-order valence-corrected chi connectivity index (χ0v) is 17.0. The molecule has 152 valence electrons. The summed E-state index contributed by atoms with van der Waals surface area (Å²) in [6.45, 7) is 6.94. The van der Waals surface area contributed by atoms with E-state index in [1.807, 2.05) is 25.1 Å². The minimum atomic E-state index is -0.844. The Labute approximate surface area is 164 Å². The van der Waals surface area contributed by atoms with Crippen LogP contribution in [-0.2, 0) is 9.53 Å². The molecule has 9 nitrogen and oxygen atoms in total. The second-order valence-corrected chi connectivity index (χ2v) is 7.42. The quantitative estimate of drug-likeness (QED) is 0.719. The Bertz CT molecular complexity index is 826. The number of rotatable bonds is 7. The van der Waals surface area contributed by atoms with Crippen LogP contribution in [0, 0.1) is 6.92 Å². The number of aromatic nitrogens is 2. The molecule has 9 heteroatoms. The van der Waals surface area contributed by atoms with Gasteiger partial charge in [0.05, 0.1) is 5.69 Å². The van der Waals surface area contributed by atoms with Crippen molar-refractivity contribution in [3.63, 3.8) is 0 Å². The van der Waals surface area contributed by atoms with Gasteiger partial charge in [-0.3, -0.25) is 0 Å². The average molecular weight is 390 g/mol. The van der Waals surface area contributed by atoms with E-state index < -0.39 is 17.7 Å². The fourth-order valence-electron chi connectivity index (χ4n) is 2.29. The lowest BCUT2D eigenvalue weighted by atomic mass is 10.1. The highest BCUT2D eigenvalue weighted by Gasteiger charge is 2.20. The summed E-state index contributed by atoms with van der Waals surface area (Å²) in [6, 6.07) is 4.54. The van der Waals surface area contributed by atoms with Crippen molar-refractivity contribution in [3.8, 4) is 17.2 Å². The van der Waals surface area contributed by atoms with Crippen LogP contribution in [0.2, 0.25) is 0 Å². The van der Waals surface area contributed by atoms with Crippen LogP contribution in [0.5, 0.6) is 5.75 Å². The van der Waals surface area contributed by atoms with Crippen LogP contribution in [0.4, 0.5) is 10.5 Å².